The fourth-order valence-electron chi connectivity index (χ4n) is 2.73. The number of halogens is 1. The van der Waals surface area contributed by atoms with Crippen molar-refractivity contribution in [3.05, 3.63) is 35.9 Å². The van der Waals surface area contributed by atoms with E-state index in [1.807, 2.05) is 18.2 Å². The monoisotopic (exact) mass is 222 g/mol. The van der Waals surface area contributed by atoms with Crippen molar-refractivity contribution in [1.29, 1.82) is 0 Å². The van der Waals surface area contributed by atoms with E-state index in [0.717, 1.165) is 19.3 Å². The molecule has 0 spiro atoms. The highest BCUT2D eigenvalue weighted by molar-refractivity contribution is 5.20. The van der Waals surface area contributed by atoms with Gasteiger partial charge in [0, 0.05) is 0 Å². The summed E-state index contributed by atoms with van der Waals surface area (Å²) in [5, 5.41) is 9.80. The molecule has 1 fully saturated rings. The Kier molecular flexibility index (Phi) is 3.94. The van der Waals surface area contributed by atoms with Crippen LogP contribution in [0.25, 0.3) is 0 Å². The molecule has 2 heteroatoms. The molecule has 3 unspecified atom stereocenters. The Balaban J connectivity index is 2.03. The van der Waals surface area contributed by atoms with Gasteiger partial charge in [0.15, 0.2) is 0 Å². The number of rotatable bonds is 3. The third-order valence-electron chi connectivity index (χ3n) is 3.69. The summed E-state index contributed by atoms with van der Waals surface area (Å²) in [4.78, 5) is 0. The van der Waals surface area contributed by atoms with Crippen molar-refractivity contribution in [2.45, 2.75) is 37.7 Å². The Bertz CT molecular complexity index is 312. The van der Waals surface area contributed by atoms with Crippen LogP contribution in [0.4, 0.5) is 4.39 Å². The fraction of sp³-hybridized carbons (Fsp3) is 0.571. The maximum Gasteiger partial charge on any atom is 0.0898 e. The van der Waals surface area contributed by atoms with Crippen LogP contribution >= 0.6 is 0 Å². The highest BCUT2D eigenvalue weighted by atomic mass is 19.1. The first-order valence-electron chi connectivity index (χ1n) is 6.10. The molecule has 1 aromatic rings. The molecule has 0 aliphatic heterocycles. The molecule has 1 aliphatic rings. The highest BCUT2D eigenvalue weighted by Crippen LogP contribution is 2.37. The van der Waals surface area contributed by atoms with Crippen molar-refractivity contribution < 1.29 is 9.50 Å². The van der Waals surface area contributed by atoms with Crippen molar-refractivity contribution in [1.82, 2.24) is 0 Å². The van der Waals surface area contributed by atoms with Gasteiger partial charge in [-0.1, -0.05) is 30.3 Å². The van der Waals surface area contributed by atoms with Crippen LogP contribution in [0.5, 0.6) is 0 Å². The van der Waals surface area contributed by atoms with E-state index in [-0.39, 0.29) is 18.7 Å². The zero-order valence-electron chi connectivity index (χ0n) is 9.48. The zero-order valence-corrected chi connectivity index (χ0v) is 9.48. The van der Waals surface area contributed by atoms with E-state index in [1.165, 1.54) is 5.56 Å². The Hall–Kier alpha value is -0.890. The Morgan fingerprint density at radius 2 is 1.94 bits per heavy atom. The highest BCUT2D eigenvalue weighted by Gasteiger charge is 2.29. The second-order valence-corrected chi connectivity index (χ2v) is 4.73. The predicted molar refractivity (Wildman–Crippen MR) is 63.1 cm³/mol. The summed E-state index contributed by atoms with van der Waals surface area (Å²) in [6.45, 7) is -0.316. The van der Waals surface area contributed by atoms with Crippen molar-refractivity contribution in [2.24, 2.45) is 5.92 Å². The number of aliphatic hydroxyl groups excluding tert-OH is 1. The van der Waals surface area contributed by atoms with E-state index in [1.54, 1.807) is 0 Å². The summed E-state index contributed by atoms with van der Waals surface area (Å²) in [5.74, 6) is 0.644. The summed E-state index contributed by atoms with van der Waals surface area (Å²) >= 11 is 0. The van der Waals surface area contributed by atoms with E-state index < -0.39 is 0 Å². The van der Waals surface area contributed by atoms with E-state index >= 15 is 0 Å². The zero-order chi connectivity index (χ0) is 11.4. The van der Waals surface area contributed by atoms with Gasteiger partial charge in [0.1, 0.15) is 0 Å². The first-order valence-corrected chi connectivity index (χ1v) is 6.10. The Morgan fingerprint density at radius 3 is 2.62 bits per heavy atom. The van der Waals surface area contributed by atoms with Gasteiger partial charge >= 0.3 is 0 Å². The summed E-state index contributed by atoms with van der Waals surface area (Å²) in [6, 6.07) is 10.4. The Morgan fingerprint density at radius 1 is 1.19 bits per heavy atom. The van der Waals surface area contributed by atoms with Crippen LogP contribution in [0.2, 0.25) is 0 Å². The van der Waals surface area contributed by atoms with E-state index in [2.05, 4.69) is 12.1 Å². The molecular weight excluding hydrogens is 203 g/mol. The van der Waals surface area contributed by atoms with Gasteiger partial charge in [0.2, 0.25) is 0 Å². The molecule has 0 amide bonds. The maximum atomic E-state index is 12.4. The topological polar surface area (TPSA) is 20.2 Å². The van der Waals surface area contributed by atoms with Gasteiger partial charge in [0.05, 0.1) is 12.8 Å². The van der Waals surface area contributed by atoms with Gasteiger partial charge in [-0.3, -0.25) is 4.39 Å². The predicted octanol–water partition coefficient (Wildman–Crippen LogP) is 3.29. The largest absolute Gasteiger partial charge is 0.393 e. The molecule has 0 bridgehead atoms. The first kappa shape index (κ1) is 11.6. The lowest BCUT2D eigenvalue weighted by Crippen LogP contribution is -2.28. The quantitative estimate of drug-likeness (QED) is 0.832. The number of alkyl halides is 1. The second kappa shape index (κ2) is 5.44. The van der Waals surface area contributed by atoms with Crippen LogP contribution in [-0.2, 0) is 0 Å². The third-order valence-corrected chi connectivity index (χ3v) is 3.69. The van der Waals surface area contributed by atoms with Gasteiger partial charge < -0.3 is 5.11 Å². The van der Waals surface area contributed by atoms with Crippen molar-refractivity contribution in [3.8, 4) is 0 Å². The SMILES string of the molecule is OC1CCC(c2ccccc2)CC1CCF. The average molecular weight is 222 g/mol. The van der Waals surface area contributed by atoms with Gasteiger partial charge in [-0.2, -0.15) is 0 Å². The molecule has 2 rings (SSSR count). The van der Waals surface area contributed by atoms with Crippen molar-refractivity contribution >= 4 is 0 Å². The minimum Gasteiger partial charge on any atom is -0.393 e. The molecule has 3 atom stereocenters. The Labute approximate surface area is 96.3 Å². The molecule has 0 heterocycles. The van der Waals surface area contributed by atoms with Crippen LogP contribution in [-0.4, -0.2) is 17.9 Å². The molecule has 1 nitrogen and oxygen atoms in total. The number of benzene rings is 1. The molecule has 1 aliphatic carbocycles. The first-order chi connectivity index (χ1) is 7.81. The van der Waals surface area contributed by atoms with Crippen LogP contribution in [0, 0.1) is 5.92 Å². The van der Waals surface area contributed by atoms with Gasteiger partial charge in [0.25, 0.3) is 0 Å². The number of aliphatic hydroxyl groups is 1. The van der Waals surface area contributed by atoms with Gasteiger partial charge in [-0.25, -0.2) is 0 Å². The van der Waals surface area contributed by atoms with Gasteiger partial charge in [-0.15, -0.1) is 0 Å². The average Bonchev–Trinajstić information content (AvgIpc) is 2.33. The summed E-state index contributed by atoms with van der Waals surface area (Å²) in [5.41, 5.74) is 1.33. The molecule has 1 aromatic carbocycles. The third kappa shape index (κ3) is 2.62. The lowest BCUT2D eigenvalue weighted by Gasteiger charge is -2.33. The minimum absolute atomic E-state index is 0.143. The summed E-state index contributed by atoms with van der Waals surface area (Å²) in [7, 11) is 0. The lowest BCUT2D eigenvalue weighted by molar-refractivity contribution is 0.0538. The van der Waals surface area contributed by atoms with E-state index in [0.29, 0.717) is 12.3 Å². The standard InChI is InChI=1S/C14H19FO/c15-9-8-13-10-12(6-7-14(13)16)11-4-2-1-3-5-11/h1-5,12-14,16H,6-10H2. The number of hydrogen-bond acceptors (Lipinski definition) is 1. The van der Waals surface area contributed by atoms with Gasteiger partial charge in [-0.05, 0) is 43.1 Å². The van der Waals surface area contributed by atoms with Crippen molar-refractivity contribution in [2.75, 3.05) is 6.67 Å². The normalized spacial score (nSPS) is 30.2. The van der Waals surface area contributed by atoms with Crippen LogP contribution in [0.15, 0.2) is 30.3 Å². The van der Waals surface area contributed by atoms with E-state index in [4.69, 9.17) is 0 Å². The number of hydrogen-bond donors (Lipinski definition) is 1. The smallest absolute Gasteiger partial charge is 0.0898 e. The molecule has 0 saturated heterocycles. The van der Waals surface area contributed by atoms with E-state index in [9.17, 15) is 9.50 Å². The van der Waals surface area contributed by atoms with Crippen LogP contribution in [0.3, 0.4) is 0 Å². The minimum atomic E-state index is -0.316. The maximum absolute atomic E-state index is 12.4. The van der Waals surface area contributed by atoms with Crippen molar-refractivity contribution in [3.63, 3.8) is 0 Å². The molecule has 16 heavy (non-hydrogen) atoms. The molecule has 0 aromatic heterocycles. The second-order valence-electron chi connectivity index (χ2n) is 4.73. The van der Waals surface area contributed by atoms with Crippen LogP contribution in [0.1, 0.15) is 37.2 Å². The van der Waals surface area contributed by atoms with Crippen LogP contribution < -0.4 is 0 Å². The molecular formula is C14H19FO. The fourth-order valence-corrected chi connectivity index (χ4v) is 2.73. The lowest BCUT2D eigenvalue weighted by atomic mass is 9.75. The molecule has 1 saturated carbocycles. The molecule has 1 N–H and O–H groups in total. The molecule has 88 valence electrons. The molecule has 0 radical (unpaired) electrons. The summed E-state index contributed by atoms with van der Waals surface area (Å²) in [6.07, 6.45) is 2.97. The summed E-state index contributed by atoms with van der Waals surface area (Å²) < 4.78 is 12.4.